The quantitative estimate of drug-likeness (QED) is 0.823. The molecule has 1 saturated heterocycles. The molecule has 2 aliphatic heterocycles. The zero-order valence-corrected chi connectivity index (χ0v) is 17.1. The lowest BCUT2D eigenvalue weighted by Crippen LogP contribution is -2.42. The zero-order valence-electron chi connectivity index (χ0n) is 17.1. The van der Waals surface area contributed by atoms with Gasteiger partial charge in [-0.3, -0.25) is 9.59 Å². The summed E-state index contributed by atoms with van der Waals surface area (Å²) < 4.78 is 0. The Labute approximate surface area is 172 Å². The molecule has 0 radical (unpaired) electrons. The van der Waals surface area contributed by atoms with Gasteiger partial charge in [0.25, 0.3) is 11.8 Å². The van der Waals surface area contributed by atoms with Crippen molar-refractivity contribution in [2.24, 2.45) is 0 Å². The van der Waals surface area contributed by atoms with Crippen molar-refractivity contribution < 1.29 is 9.59 Å². The van der Waals surface area contributed by atoms with E-state index >= 15 is 0 Å². The molecule has 2 aromatic carbocycles. The first-order valence-corrected chi connectivity index (χ1v) is 10.7. The summed E-state index contributed by atoms with van der Waals surface area (Å²) in [6.45, 7) is 7.46. The van der Waals surface area contributed by atoms with E-state index in [0.29, 0.717) is 12.1 Å². The molecule has 4 rings (SSSR count). The van der Waals surface area contributed by atoms with Gasteiger partial charge in [0.2, 0.25) is 0 Å². The highest BCUT2D eigenvalue weighted by Crippen LogP contribution is 2.27. The number of nitrogens with one attached hydrogen (secondary N) is 1. The van der Waals surface area contributed by atoms with Crippen LogP contribution in [0.15, 0.2) is 42.5 Å². The Morgan fingerprint density at radius 3 is 2.41 bits per heavy atom. The first-order chi connectivity index (χ1) is 14.2. The normalized spacial score (nSPS) is 16.7. The molecule has 29 heavy (non-hydrogen) atoms. The van der Waals surface area contributed by atoms with Crippen LogP contribution in [0.4, 0.5) is 0 Å². The Balaban J connectivity index is 1.45. The summed E-state index contributed by atoms with van der Waals surface area (Å²) in [5, 5.41) is 2.81. The number of nitrogens with zero attached hydrogens (tertiary/aromatic N) is 2. The van der Waals surface area contributed by atoms with Gasteiger partial charge >= 0.3 is 0 Å². The SMILES string of the molecule is CCNC(=O)c1ccc(-c2ccc3c(c2)CCN(CCN2CCCC2)C3=O)cc1. The molecule has 0 aromatic heterocycles. The molecule has 152 valence electrons. The predicted octanol–water partition coefficient (Wildman–Crippen LogP) is 3.20. The summed E-state index contributed by atoms with van der Waals surface area (Å²) >= 11 is 0. The highest BCUT2D eigenvalue weighted by Gasteiger charge is 2.25. The van der Waals surface area contributed by atoms with Crippen LogP contribution in [0, 0.1) is 0 Å². The minimum Gasteiger partial charge on any atom is -0.352 e. The van der Waals surface area contributed by atoms with E-state index in [4.69, 9.17) is 0 Å². The van der Waals surface area contributed by atoms with Gasteiger partial charge in [0, 0.05) is 37.3 Å². The van der Waals surface area contributed by atoms with Crippen LogP contribution in [-0.4, -0.2) is 60.9 Å². The number of carbonyl (C=O) groups excluding carboxylic acids is 2. The minimum atomic E-state index is -0.0518. The number of hydrogen-bond acceptors (Lipinski definition) is 3. The van der Waals surface area contributed by atoms with Gasteiger partial charge in [-0.2, -0.15) is 0 Å². The van der Waals surface area contributed by atoms with Crippen molar-refractivity contribution in [1.29, 1.82) is 0 Å². The molecule has 2 heterocycles. The van der Waals surface area contributed by atoms with E-state index in [1.165, 1.54) is 25.9 Å². The summed E-state index contributed by atoms with van der Waals surface area (Å²) in [4.78, 5) is 29.3. The van der Waals surface area contributed by atoms with E-state index in [2.05, 4.69) is 16.3 Å². The van der Waals surface area contributed by atoms with Crippen molar-refractivity contribution in [3.05, 3.63) is 59.2 Å². The Morgan fingerprint density at radius 2 is 1.69 bits per heavy atom. The molecule has 0 atom stereocenters. The summed E-state index contributed by atoms with van der Waals surface area (Å²) in [6.07, 6.45) is 3.46. The molecule has 0 aliphatic carbocycles. The van der Waals surface area contributed by atoms with E-state index < -0.39 is 0 Å². The molecular formula is C24H29N3O2. The Morgan fingerprint density at radius 1 is 0.966 bits per heavy atom. The minimum absolute atomic E-state index is 0.0518. The number of likely N-dealkylation sites (tertiary alicyclic amines) is 1. The predicted molar refractivity (Wildman–Crippen MR) is 115 cm³/mol. The van der Waals surface area contributed by atoms with E-state index in [1.807, 2.05) is 48.2 Å². The molecule has 2 aromatic rings. The molecule has 2 amide bonds. The van der Waals surface area contributed by atoms with Crippen LogP contribution in [0.5, 0.6) is 0 Å². The van der Waals surface area contributed by atoms with Gasteiger partial charge in [-0.25, -0.2) is 0 Å². The standard InChI is InChI=1S/C24H29N3O2/c1-2-25-23(28)19-7-5-18(6-8-19)20-9-10-22-21(17-20)11-14-27(24(22)29)16-15-26-12-3-4-13-26/h5-10,17H,2-4,11-16H2,1H3,(H,25,28). The van der Waals surface area contributed by atoms with Crippen molar-refractivity contribution in [3.8, 4) is 11.1 Å². The largest absolute Gasteiger partial charge is 0.352 e. The summed E-state index contributed by atoms with van der Waals surface area (Å²) in [5.74, 6) is 0.104. The Hall–Kier alpha value is -2.66. The number of benzene rings is 2. The summed E-state index contributed by atoms with van der Waals surface area (Å²) in [6, 6.07) is 13.8. The molecule has 0 unspecified atom stereocenters. The van der Waals surface area contributed by atoms with Crippen LogP contribution >= 0.6 is 0 Å². The number of rotatable bonds is 6. The van der Waals surface area contributed by atoms with Gasteiger partial charge in [0.1, 0.15) is 0 Å². The third kappa shape index (κ3) is 4.35. The molecule has 0 bridgehead atoms. The van der Waals surface area contributed by atoms with Crippen molar-refractivity contribution in [1.82, 2.24) is 15.1 Å². The van der Waals surface area contributed by atoms with Gasteiger partial charge in [-0.15, -0.1) is 0 Å². The van der Waals surface area contributed by atoms with Gasteiger partial charge in [0.05, 0.1) is 0 Å². The van der Waals surface area contributed by atoms with E-state index in [1.54, 1.807) is 0 Å². The number of carbonyl (C=O) groups is 2. The maximum Gasteiger partial charge on any atom is 0.254 e. The Kier molecular flexibility index (Phi) is 5.95. The third-order valence-corrected chi connectivity index (χ3v) is 5.98. The van der Waals surface area contributed by atoms with Crippen LogP contribution in [0.25, 0.3) is 11.1 Å². The van der Waals surface area contributed by atoms with Crippen molar-refractivity contribution in [2.45, 2.75) is 26.2 Å². The van der Waals surface area contributed by atoms with Crippen molar-refractivity contribution >= 4 is 11.8 Å². The van der Waals surface area contributed by atoms with Crippen LogP contribution in [0.3, 0.4) is 0 Å². The fraction of sp³-hybridized carbons (Fsp3) is 0.417. The average Bonchev–Trinajstić information content (AvgIpc) is 3.27. The molecule has 0 spiro atoms. The van der Waals surface area contributed by atoms with Gasteiger partial charge in [-0.05, 0) is 74.2 Å². The first-order valence-electron chi connectivity index (χ1n) is 10.7. The van der Waals surface area contributed by atoms with Gasteiger partial charge in [-0.1, -0.05) is 24.3 Å². The maximum absolute atomic E-state index is 12.9. The Bertz CT molecular complexity index is 885. The first kappa shape index (κ1) is 19.6. The van der Waals surface area contributed by atoms with Crippen LogP contribution in [0.2, 0.25) is 0 Å². The number of amides is 2. The van der Waals surface area contributed by atoms with Crippen molar-refractivity contribution in [3.63, 3.8) is 0 Å². The van der Waals surface area contributed by atoms with Crippen LogP contribution < -0.4 is 5.32 Å². The molecule has 5 heteroatoms. The monoisotopic (exact) mass is 391 g/mol. The molecule has 1 N–H and O–H groups in total. The lowest BCUT2D eigenvalue weighted by molar-refractivity contribution is 0.0724. The van der Waals surface area contributed by atoms with Gasteiger partial charge < -0.3 is 15.1 Å². The molecule has 0 saturated carbocycles. The second-order valence-corrected chi connectivity index (χ2v) is 7.90. The second-order valence-electron chi connectivity index (χ2n) is 7.90. The second kappa shape index (κ2) is 8.78. The topological polar surface area (TPSA) is 52.7 Å². The molecule has 2 aliphatic rings. The maximum atomic E-state index is 12.9. The molecular weight excluding hydrogens is 362 g/mol. The van der Waals surface area contributed by atoms with Crippen LogP contribution in [0.1, 0.15) is 46.0 Å². The average molecular weight is 392 g/mol. The van der Waals surface area contributed by atoms with Crippen molar-refractivity contribution in [2.75, 3.05) is 39.3 Å². The summed E-state index contributed by atoms with van der Waals surface area (Å²) in [5.41, 5.74) is 4.77. The lowest BCUT2D eigenvalue weighted by Gasteiger charge is -2.30. The fourth-order valence-electron chi connectivity index (χ4n) is 4.27. The summed E-state index contributed by atoms with van der Waals surface area (Å²) in [7, 11) is 0. The zero-order chi connectivity index (χ0) is 20.2. The fourth-order valence-corrected chi connectivity index (χ4v) is 4.27. The highest BCUT2D eigenvalue weighted by molar-refractivity contribution is 5.97. The lowest BCUT2D eigenvalue weighted by atomic mass is 9.93. The number of fused-ring (bicyclic) bond motifs is 1. The highest BCUT2D eigenvalue weighted by atomic mass is 16.2. The van der Waals surface area contributed by atoms with Crippen LogP contribution in [-0.2, 0) is 6.42 Å². The molecule has 1 fully saturated rings. The van der Waals surface area contributed by atoms with Gasteiger partial charge in [0.15, 0.2) is 0 Å². The molecule has 5 nitrogen and oxygen atoms in total. The van der Waals surface area contributed by atoms with E-state index in [0.717, 1.165) is 48.3 Å². The smallest absolute Gasteiger partial charge is 0.254 e. The van der Waals surface area contributed by atoms with E-state index in [9.17, 15) is 9.59 Å². The number of hydrogen-bond donors (Lipinski definition) is 1. The van der Waals surface area contributed by atoms with E-state index in [-0.39, 0.29) is 11.8 Å². The third-order valence-electron chi connectivity index (χ3n) is 5.98.